The van der Waals surface area contributed by atoms with Crippen LogP contribution in [0, 0.1) is 0 Å². The number of rotatable bonds is 9. The normalized spacial score (nSPS) is 10.8. The van der Waals surface area contributed by atoms with Crippen molar-refractivity contribution in [2.45, 2.75) is 13.5 Å². The summed E-state index contributed by atoms with van der Waals surface area (Å²) in [5.74, 6) is 2.10. The Morgan fingerprint density at radius 1 is 0.784 bits per heavy atom. The van der Waals surface area contributed by atoms with Crippen LogP contribution in [0.5, 0.6) is 17.2 Å². The molecule has 0 bridgehead atoms. The molecule has 5 rings (SSSR count). The fraction of sp³-hybridized carbons (Fsp3) is 0.129. The van der Waals surface area contributed by atoms with E-state index in [1.165, 1.54) is 0 Å². The lowest BCUT2D eigenvalue weighted by atomic mass is 10.0. The van der Waals surface area contributed by atoms with E-state index in [-0.39, 0.29) is 0 Å². The Kier molecular flexibility index (Phi) is 7.08. The molecule has 1 heterocycles. The van der Waals surface area contributed by atoms with Crippen LogP contribution in [0.25, 0.3) is 22.1 Å². The van der Waals surface area contributed by atoms with E-state index in [4.69, 9.17) is 18.6 Å². The monoisotopic (exact) mass is 493 g/mol. The third kappa shape index (κ3) is 5.43. The molecule has 1 N–H and O–H groups in total. The summed E-state index contributed by atoms with van der Waals surface area (Å²) >= 11 is 0. The van der Waals surface area contributed by atoms with E-state index in [1.807, 2.05) is 97.9 Å². The molecule has 6 heteroatoms. The van der Waals surface area contributed by atoms with Crippen LogP contribution in [0.1, 0.15) is 12.5 Å². The van der Waals surface area contributed by atoms with Gasteiger partial charge in [0.05, 0.1) is 25.0 Å². The van der Waals surface area contributed by atoms with Crippen LogP contribution in [0.2, 0.25) is 0 Å². The first kappa shape index (κ1) is 24.0. The Labute approximate surface area is 215 Å². The third-order valence-electron chi connectivity index (χ3n) is 5.94. The second-order valence-electron chi connectivity index (χ2n) is 8.38. The summed E-state index contributed by atoms with van der Waals surface area (Å²) in [6, 6.07) is 30.4. The van der Waals surface area contributed by atoms with Crippen LogP contribution in [-0.4, -0.2) is 13.7 Å². The van der Waals surface area contributed by atoms with Crippen molar-refractivity contribution < 1.29 is 18.6 Å². The molecule has 0 saturated carbocycles. The van der Waals surface area contributed by atoms with Crippen LogP contribution in [0.4, 0.5) is 11.4 Å². The van der Waals surface area contributed by atoms with Gasteiger partial charge in [-0.25, -0.2) is 4.79 Å². The minimum absolute atomic E-state index is 0.414. The third-order valence-corrected chi connectivity index (χ3v) is 5.94. The van der Waals surface area contributed by atoms with Gasteiger partial charge in [-0.1, -0.05) is 42.5 Å². The molecule has 0 spiro atoms. The van der Waals surface area contributed by atoms with Crippen LogP contribution >= 0.6 is 0 Å². The van der Waals surface area contributed by atoms with Gasteiger partial charge >= 0.3 is 5.63 Å². The second kappa shape index (κ2) is 10.9. The Morgan fingerprint density at radius 3 is 2.19 bits per heavy atom. The molecule has 0 aliphatic heterocycles. The molecular weight excluding hydrogens is 466 g/mol. The van der Waals surface area contributed by atoms with Crippen molar-refractivity contribution in [1.29, 1.82) is 0 Å². The predicted octanol–water partition coefficient (Wildman–Crippen LogP) is 7.19. The van der Waals surface area contributed by atoms with Gasteiger partial charge in [0.1, 0.15) is 29.4 Å². The Morgan fingerprint density at radius 2 is 1.49 bits per heavy atom. The fourth-order valence-electron chi connectivity index (χ4n) is 4.11. The number of hydrogen-bond donors (Lipinski definition) is 1. The van der Waals surface area contributed by atoms with Crippen molar-refractivity contribution in [3.63, 3.8) is 0 Å². The average Bonchev–Trinajstić information content (AvgIpc) is 2.93. The van der Waals surface area contributed by atoms with Crippen molar-refractivity contribution in [3.05, 3.63) is 113 Å². The number of ether oxygens (including phenoxy) is 3. The van der Waals surface area contributed by atoms with Crippen molar-refractivity contribution in [2.75, 3.05) is 19.0 Å². The molecule has 186 valence electrons. The smallest absolute Gasteiger partial charge is 0.346 e. The summed E-state index contributed by atoms with van der Waals surface area (Å²) in [6.07, 6.45) is 0. The van der Waals surface area contributed by atoms with Crippen LogP contribution in [0.15, 0.2) is 106 Å². The molecule has 0 unspecified atom stereocenters. The number of methoxy groups -OCH3 is 1. The lowest BCUT2D eigenvalue weighted by molar-refractivity contribution is 0.306. The summed E-state index contributed by atoms with van der Waals surface area (Å²) in [6.45, 7) is 2.95. The zero-order valence-corrected chi connectivity index (χ0v) is 20.7. The van der Waals surface area contributed by atoms with E-state index >= 15 is 0 Å². The minimum Gasteiger partial charge on any atom is -0.497 e. The van der Waals surface area contributed by atoms with Crippen molar-refractivity contribution in [3.8, 4) is 28.4 Å². The first-order valence-corrected chi connectivity index (χ1v) is 12.1. The number of fused-ring (bicyclic) bond motifs is 1. The van der Waals surface area contributed by atoms with E-state index in [9.17, 15) is 4.79 Å². The van der Waals surface area contributed by atoms with Gasteiger partial charge in [0, 0.05) is 17.1 Å². The second-order valence-corrected chi connectivity index (χ2v) is 8.38. The lowest BCUT2D eigenvalue weighted by Crippen LogP contribution is -2.08. The summed E-state index contributed by atoms with van der Waals surface area (Å²) in [5, 5.41) is 4.20. The number of benzene rings is 4. The molecule has 0 fully saturated rings. The van der Waals surface area contributed by atoms with Crippen LogP contribution in [0.3, 0.4) is 0 Å². The highest BCUT2D eigenvalue weighted by Crippen LogP contribution is 2.36. The first-order chi connectivity index (χ1) is 18.1. The minimum atomic E-state index is -0.452. The number of hydrogen-bond acceptors (Lipinski definition) is 6. The summed E-state index contributed by atoms with van der Waals surface area (Å²) in [7, 11) is 1.61. The molecule has 5 aromatic rings. The van der Waals surface area contributed by atoms with Gasteiger partial charge in [-0.05, 0) is 66.6 Å². The van der Waals surface area contributed by atoms with Gasteiger partial charge in [0.15, 0.2) is 0 Å². The Hall–Kier alpha value is -4.71. The summed E-state index contributed by atoms with van der Waals surface area (Å²) < 4.78 is 22.6. The standard InChI is InChI=1S/C31H27NO5/c1-3-35-25-15-11-23(12-16-25)32-30-27-18-17-26(36-20-21-7-5-4-6-8-21)19-28(27)37-31(33)29(30)22-9-13-24(34-2)14-10-22/h4-19,32H,3,20H2,1-2H3. The maximum Gasteiger partial charge on any atom is 0.346 e. The first-order valence-electron chi connectivity index (χ1n) is 12.1. The molecule has 4 aromatic carbocycles. The van der Waals surface area contributed by atoms with Crippen molar-refractivity contribution in [2.24, 2.45) is 0 Å². The van der Waals surface area contributed by atoms with E-state index in [2.05, 4.69) is 5.32 Å². The topological polar surface area (TPSA) is 69.9 Å². The number of nitrogens with one attached hydrogen (secondary N) is 1. The molecule has 0 radical (unpaired) electrons. The van der Waals surface area contributed by atoms with E-state index in [0.29, 0.717) is 47.1 Å². The zero-order valence-electron chi connectivity index (χ0n) is 20.7. The quantitative estimate of drug-likeness (QED) is 0.219. The predicted molar refractivity (Wildman–Crippen MR) is 146 cm³/mol. The van der Waals surface area contributed by atoms with Crippen molar-refractivity contribution >= 4 is 22.3 Å². The van der Waals surface area contributed by atoms with E-state index < -0.39 is 5.63 Å². The van der Waals surface area contributed by atoms with E-state index in [0.717, 1.165) is 22.4 Å². The molecule has 0 aliphatic carbocycles. The highest BCUT2D eigenvalue weighted by Gasteiger charge is 2.18. The van der Waals surface area contributed by atoms with Gasteiger partial charge in [0.25, 0.3) is 0 Å². The van der Waals surface area contributed by atoms with Crippen molar-refractivity contribution in [1.82, 2.24) is 0 Å². The average molecular weight is 494 g/mol. The molecule has 0 aliphatic rings. The maximum absolute atomic E-state index is 13.3. The molecule has 0 atom stereocenters. The molecule has 1 aromatic heterocycles. The van der Waals surface area contributed by atoms with Gasteiger partial charge in [-0.15, -0.1) is 0 Å². The maximum atomic E-state index is 13.3. The van der Waals surface area contributed by atoms with Gasteiger partial charge < -0.3 is 23.9 Å². The SMILES string of the molecule is CCOc1ccc(Nc2c(-c3ccc(OC)cc3)c(=O)oc3cc(OCc4ccccc4)ccc23)cc1. The largest absolute Gasteiger partial charge is 0.497 e. The molecule has 0 saturated heterocycles. The fourth-order valence-corrected chi connectivity index (χ4v) is 4.11. The van der Waals surface area contributed by atoms with E-state index in [1.54, 1.807) is 13.2 Å². The van der Waals surface area contributed by atoms with Crippen LogP contribution in [-0.2, 0) is 6.61 Å². The van der Waals surface area contributed by atoms with Gasteiger partial charge in [-0.2, -0.15) is 0 Å². The highest BCUT2D eigenvalue weighted by atomic mass is 16.5. The van der Waals surface area contributed by atoms with Gasteiger partial charge in [-0.3, -0.25) is 0 Å². The highest BCUT2D eigenvalue weighted by molar-refractivity contribution is 6.00. The molecule has 37 heavy (non-hydrogen) atoms. The van der Waals surface area contributed by atoms with Gasteiger partial charge in [0.2, 0.25) is 0 Å². The number of anilines is 2. The molecular formula is C31H27NO5. The summed E-state index contributed by atoms with van der Waals surface area (Å²) in [5.41, 5.74) is 3.64. The Balaban J connectivity index is 1.57. The summed E-state index contributed by atoms with van der Waals surface area (Å²) in [4.78, 5) is 13.3. The lowest BCUT2D eigenvalue weighted by Gasteiger charge is -2.16. The molecule has 0 amide bonds. The molecule has 6 nitrogen and oxygen atoms in total. The van der Waals surface area contributed by atoms with Crippen LogP contribution < -0.4 is 25.2 Å². The zero-order chi connectivity index (χ0) is 25.6. The Bertz CT molecular complexity index is 1540.